The molecule has 0 fully saturated rings. The van der Waals surface area contributed by atoms with Crippen molar-refractivity contribution in [2.75, 3.05) is 13.1 Å². The maximum atomic E-state index is 9.62. The van der Waals surface area contributed by atoms with Gasteiger partial charge in [-0.15, -0.1) is 0 Å². The third-order valence-corrected chi connectivity index (χ3v) is 1.10. The molecule has 0 unspecified atom stereocenters. The van der Waals surface area contributed by atoms with Gasteiger partial charge in [0.2, 0.25) is 0 Å². The molecule has 0 spiro atoms. The molecule has 0 aliphatic carbocycles. The molecule has 0 aliphatic heterocycles. The van der Waals surface area contributed by atoms with Crippen molar-refractivity contribution in [1.82, 2.24) is 0 Å². The van der Waals surface area contributed by atoms with Crippen molar-refractivity contribution in [3.05, 3.63) is 9.81 Å². The molecule has 0 radical (unpaired) electrons. The molecular formula is C5H10N2O2. The van der Waals surface area contributed by atoms with Gasteiger partial charge in [-0.05, 0) is 12.3 Å². The van der Waals surface area contributed by atoms with Crippen LogP contribution in [0, 0.1) is 15.7 Å². The summed E-state index contributed by atoms with van der Waals surface area (Å²) >= 11 is 0. The third kappa shape index (κ3) is 5.06. The second-order valence-corrected chi connectivity index (χ2v) is 2.06. The van der Waals surface area contributed by atoms with Crippen molar-refractivity contribution in [2.45, 2.75) is 13.3 Å². The molecule has 9 heavy (non-hydrogen) atoms. The van der Waals surface area contributed by atoms with Gasteiger partial charge in [-0.25, -0.2) is 0 Å². The normalized spacial score (nSPS) is 12.6. The van der Waals surface area contributed by atoms with Crippen molar-refractivity contribution >= 4 is 0 Å². The molecule has 0 bridgehead atoms. The highest BCUT2D eigenvalue weighted by molar-refractivity contribution is 4.56. The summed E-state index contributed by atoms with van der Waals surface area (Å²) in [6.45, 7) is 2.44. The maximum Gasteiger partial charge on any atom is 0.0837 e. The van der Waals surface area contributed by atoms with Gasteiger partial charge in [0.05, 0.1) is 13.1 Å². The monoisotopic (exact) mass is 130 g/mol. The molecule has 4 heteroatoms. The lowest BCUT2D eigenvalue weighted by Crippen LogP contribution is -1.99. The molecule has 52 valence electrons. The van der Waals surface area contributed by atoms with Gasteiger partial charge >= 0.3 is 0 Å². The van der Waals surface area contributed by atoms with Gasteiger partial charge in [0.1, 0.15) is 0 Å². The van der Waals surface area contributed by atoms with Gasteiger partial charge < -0.3 is 0 Å². The molecule has 0 saturated heterocycles. The minimum atomic E-state index is 0.195. The van der Waals surface area contributed by atoms with Gasteiger partial charge in [0.15, 0.2) is 0 Å². The highest BCUT2D eigenvalue weighted by Gasteiger charge is 1.99. The zero-order valence-electron chi connectivity index (χ0n) is 5.41. The molecule has 0 aromatic heterocycles. The third-order valence-electron chi connectivity index (χ3n) is 1.10. The minimum Gasteiger partial charge on any atom is -0.151 e. The molecule has 1 atom stereocenters. The fraction of sp³-hybridized carbons (Fsp3) is 1.00. The summed E-state index contributed by atoms with van der Waals surface area (Å²) in [5, 5.41) is 5.36. The summed E-state index contributed by atoms with van der Waals surface area (Å²) in [5.41, 5.74) is 0. The second-order valence-electron chi connectivity index (χ2n) is 2.06. The van der Waals surface area contributed by atoms with E-state index in [0.717, 1.165) is 0 Å². The Labute approximate surface area is 53.6 Å². The topological polar surface area (TPSA) is 58.9 Å². The SMILES string of the molecule is C[C@@H](CCN=O)CN=O. The van der Waals surface area contributed by atoms with Crippen LogP contribution in [0.3, 0.4) is 0 Å². The molecule has 0 aromatic rings. The summed E-state index contributed by atoms with van der Waals surface area (Å²) in [5.74, 6) is 0.195. The quantitative estimate of drug-likeness (QED) is 0.530. The Balaban J connectivity index is 3.14. The molecule has 4 nitrogen and oxygen atoms in total. The van der Waals surface area contributed by atoms with Crippen molar-refractivity contribution < 1.29 is 0 Å². The minimum absolute atomic E-state index is 0.195. The first-order valence-electron chi connectivity index (χ1n) is 2.89. The Morgan fingerprint density at radius 1 is 1.33 bits per heavy atom. The van der Waals surface area contributed by atoms with Gasteiger partial charge in [-0.2, -0.15) is 9.81 Å². The largest absolute Gasteiger partial charge is 0.151 e. The standard InChI is InChI=1S/C5H10N2O2/c1-5(4-7-9)2-3-6-8/h5H,2-4H2,1H3/t5-/m0/s1. The summed E-state index contributed by atoms with van der Waals surface area (Å²) < 4.78 is 0. The summed E-state index contributed by atoms with van der Waals surface area (Å²) in [6, 6.07) is 0. The zero-order chi connectivity index (χ0) is 7.11. The molecule has 0 rings (SSSR count). The van der Waals surface area contributed by atoms with Crippen LogP contribution >= 0.6 is 0 Å². The van der Waals surface area contributed by atoms with Crippen LogP contribution in [0.2, 0.25) is 0 Å². The molecule has 0 aliphatic rings. The molecule has 0 aromatic carbocycles. The van der Waals surface area contributed by atoms with Crippen LogP contribution < -0.4 is 0 Å². The number of hydrogen-bond donors (Lipinski definition) is 0. The van der Waals surface area contributed by atoms with E-state index >= 15 is 0 Å². The first-order chi connectivity index (χ1) is 4.31. The van der Waals surface area contributed by atoms with E-state index in [1.165, 1.54) is 0 Å². The summed E-state index contributed by atoms with van der Waals surface area (Å²) in [4.78, 5) is 19.2. The van der Waals surface area contributed by atoms with Crippen molar-refractivity contribution in [3.63, 3.8) is 0 Å². The molecule has 0 heterocycles. The van der Waals surface area contributed by atoms with Crippen molar-refractivity contribution in [1.29, 1.82) is 0 Å². The number of hydrogen-bond acceptors (Lipinski definition) is 4. The first-order valence-corrected chi connectivity index (χ1v) is 2.89. The van der Waals surface area contributed by atoms with E-state index in [0.29, 0.717) is 6.42 Å². The van der Waals surface area contributed by atoms with Crippen LogP contribution in [0.15, 0.2) is 10.4 Å². The fourth-order valence-electron chi connectivity index (χ4n) is 0.492. The lowest BCUT2D eigenvalue weighted by atomic mass is 10.1. The smallest absolute Gasteiger partial charge is 0.0837 e. The van der Waals surface area contributed by atoms with E-state index in [9.17, 15) is 9.81 Å². The molecular weight excluding hydrogens is 120 g/mol. The van der Waals surface area contributed by atoms with Gasteiger partial charge in [-0.1, -0.05) is 17.3 Å². The van der Waals surface area contributed by atoms with Crippen LogP contribution in [0.4, 0.5) is 0 Å². The second kappa shape index (κ2) is 5.34. The predicted molar refractivity (Wildman–Crippen MR) is 35.1 cm³/mol. The highest BCUT2D eigenvalue weighted by Crippen LogP contribution is 2.00. The Bertz CT molecular complexity index is 95.0. The molecule has 0 saturated carbocycles. The van der Waals surface area contributed by atoms with Crippen LogP contribution in [-0.4, -0.2) is 13.1 Å². The average molecular weight is 130 g/mol. The first kappa shape index (κ1) is 8.20. The molecule has 0 amide bonds. The lowest BCUT2D eigenvalue weighted by molar-refractivity contribution is 0.552. The van der Waals surface area contributed by atoms with Crippen molar-refractivity contribution in [3.8, 4) is 0 Å². The van der Waals surface area contributed by atoms with Gasteiger partial charge in [0.25, 0.3) is 0 Å². The van der Waals surface area contributed by atoms with Gasteiger partial charge in [0, 0.05) is 0 Å². The summed E-state index contributed by atoms with van der Waals surface area (Å²) in [6.07, 6.45) is 0.662. The highest BCUT2D eigenvalue weighted by atomic mass is 16.3. The summed E-state index contributed by atoms with van der Waals surface area (Å²) in [7, 11) is 0. The van der Waals surface area contributed by atoms with Crippen LogP contribution in [-0.2, 0) is 0 Å². The van der Waals surface area contributed by atoms with Crippen molar-refractivity contribution in [2.24, 2.45) is 16.3 Å². The van der Waals surface area contributed by atoms with E-state index in [-0.39, 0.29) is 19.0 Å². The van der Waals surface area contributed by atoms with E-state index in [4.69, 9.17) is 0 Å². The number of nitroso groups, excluding NO2 is 2. The van der Waals surface area contributed by atoms with E-state index < -0.39 is 0 Å². The predicted octanol–water partition coefficient (Wildman–Crippen LogP) is 1.55. The maximum absolute atomic E-state index is 9.62. The Morgan fingerprint density at radius 3 is 2.44 bits per heavy atom. The van der Waals surface area contributed by atoms with E-state index in [1.807, 2.05) is 6.92 Å². The molecule has 0 N–H and O–H groups in total. The van der Waals surface area contributed by atoms with Crippen LogP contribution in [0.5, 0.6) is 0 Å². The van der Waals surface area contributed by atoms with Gasteiger partial charge in [-0.3, -0.25) is 0 Å². The fourth-order valence-corrected chi connectivity index (χ4v) is 0.492. The number of nitrogens with zero attached hydrogens (tertiary/aromatic N) is 2. The Morgan fingerprint density at radius 2 is 2.00 bits per heavy atom. The lowest BCUT2D eigenvalue weighted by Gasteiger charge is -1.99. The average Bonchev–Trinajstić information content (AvgIpc) is 1.85. The van der Waals surface area contributed by atoms with E-state index in [2.05, 4.69) is 10.4 Å². The Hall–Kier alpha value is -0.800. The Kier molecular flexibility index (Phi) is 4.86. The van der Waals surface area contributed by atoms with Crippen LogP contribution in [0.1, 0.15) is 13.3 Å². The number of rotatable bonds is 5. The van der Waals surface area contributed by atoms with Crippen LogP contribution in [0.25, 0.3) is 0 Å². The zero-order valence-corrected chi connectivity index (χ0v) is 5.41. The van der Waals surface area contributed by atoms with E-state index in [1.54, 1.807) is 0 Å².